The van der Waals surface area contributed by atoms with Crippen molar-refractivity contribution in [3.8, 4) is 0 Å². The summed E-state index contributed by atoms with van der Waals surface area (Å²) in [6.07, 6.45) is 2.26. The molecule has 6 heteroatoms. The lowest BCUT2D eigenvalue weighted by molar-refractivity contribution is -0.154. The third-order valence-electron chi connectivity index (χ3n) is 3.84. The van der Waals surface area contributed by atoms with Crippen LogP contribution in [0.3, 0.4) is 0 Å². The lowest BCUT2D eigenvalue weighted by Gasteiger charge is -2.30. The monoisotopic (exact) mass is 300 g/mol. The van der Waals surface area contributed by atoms with Crippen molar-refractivity contribution in [2.75, 3.05) is 26.7 Å². The standard InChI is InChI=1S/C15H28N2O4/c1-14(2,3)21-13(19)17-10-5-6-15(7-9-16,8-11-17)12(18)20-4/h5-11,16H2,1-4H3. The Kier molecular flexibility index (Phi) is 6.01. The Balaban J connectivity index is 2.75. The molecule has 0 aromatic rings. The van der Waals surface area contributed by atoms with E-state index in [1.807, 2.05) is 20.8 Å². The molecule has 1 amide bonds. The van der Waals surface area contributed by atoms with E-state index in [1.165, 1.54) is 7.11 Å². The van der Waals surface area contributed by atoms with E-state index in [2.05, 4.69) is 0 Å². The van der Waals surface area contributed by atoms with Gasteiger partial charge >= 0.3 is 12.1 Å². The van der Waals surface area contributed by atoms with Gasteiger partial charge in [-0.15, -0.1) is 0 Å². The average Bonchev–Trinajstić information content (AvgIpc) is 2.60. The van der Waals surface area contributed by atoms with E-state index in [1.54, 1.807) is 4.90 Å². The van der Waals surface area contributed by atoms with Crippen LogP contribution < -0.4 is 5.73 Å². The van der Waals surface area contributed by atoms with Crippen molar-refractivity contribution >= 4 is 12.1 Å². The van der Waals surface area contributed by atoms with E-state index in [-0.39, 0.29) is 12.1 Å². The molecule has 1 fully saturated rings. The summed E-state index contributed by atoms with van der Waals surface area (Å²) in [4.78, 5) is 25.9. The molecular formula is C15H28N2O4. The molecule has 1 aliphatic heterocycles. The van der Waals surface area contributed by atoms with E-state index in [4.69, 9.17) is 15.2 Å². The molecule has 1 saturated heterocycles. The number of hydrogen-bond acceptors (Lipinski definition) is 5. The van der Waals surface area contributed by atoms with Crippen molar-refractivity contribution in [3.05, 3.63) is 0 Å². The predicted molar refractivity (Wildman–Crippen MR) is 79.8 cm³/mol. The minimum atomic E-state index is -0.569. The number of esters is 1. The molecule has 1 atom stereocenters. The Bertz CT molecular complexity index is 378. The van der Waals surface area contributed by atoms with Crippen molar-refractivity contribution in [1.82, 2.24) is 4.90 Å². The number of hydrogen-bond donors (Lipinski definition) is 1. The first kappa shape index (κ1) is 17.8. The quantitative estimate of drug-likeness (QED) is 0.805. The van der Waals surface area contributed by atoms with Gasteiger partial charge in [-0.25, -0.2) is 4.79 Å². The van der Waals surface area contributed by atoms with Gasteiger partial charge in [0.25, 0.3) is 0 Å². The summed E-state index contributed by atoms with van der Waals surface area (Å²) in [6, 6.07) is 0. The zero-order valence-electron chi connectivity index (χ0n) is 13.6. The van der Waals surface area contributed by atoms with E-state index >= 15 is 0 Å². The van der Waals surface area contributed by atoms with Gasteiger partial charge in [0.15, 0.2) is 0 Å². The van der Waals surface area contributed by atoms with E-state index in [0.717, 1.165) is 6.42 Å². The van der Waals surface area contributed by atoms with Crippen LogP contribution in [-0.2, 0) is 14.3 Å². The minimum absolute atomic E-state index is 0.223. The summed E-state index contributed by atoms with van der Waals surface area (Å²) < 4.78 is 10.3. The summed E-state index contributed by atoms with van der Waals surface area (Å²) in [5.41, 5.74) is 4.57. The SMILES string of the molecule is COC(=O)C1(CCN)CCCN(C(=O)OC(C)(C)C)CC1. The van der Waals surface area contributed by atoms with Gasteiger partial charge in [-0.2, -0.15) is 0 Å². The molecule has 1 unspecified atom stereocenters. The summed E-state index contributed by atoms with van der Waals surface area (Å²) in [5, 5.41) is 0. The Hall–Kier alpha value is -1.30. The lowest BCUT2D eigenvalue weighted by atomic mass is 9.77. The first-order chi connectivity index (χ1) is 9.74. The fourth-order valence-corrected chi connectivity index (χ4v) is 2.75. The molecule has 122 valence electrons. The number of rotatable bonds is 3. The molecule has 0 aromatic carbocycles. The van der Waals surface area contributed by atoms with Crippen LogP contribution in [0.15, 0.2) is 0 Å². The van der Waals surface area contributed by atoms with Gasteiger partial charge in [-0.05, 0) is 53.0 Å². The fourth-order valence-electron chi connectivity index (χ4n) is 2.75. The van der Waals surface area contributed by atoms with Crippen molar-refractivity contribution in [2.45, 2.75) is 52.1 Å². The van der Waals surface area contributed by atoms with Gasteiger partial charge in [-0.1, -0.05) is 0 Å². The molecule has 0 saturated carbocycles. The number of nitrogens with zero attached hydrogens (tertiary/aromatic N) is 1. The maximum Gasteiger partial charge on any atom is 0.410 e. The molecule has 21 heavy (non-hydrogen) atoms. The van der Waals surface area contributed by atoms with Crippen LogP contribution >= 0.6 is 0 Å². The first-order valence-electron chi connectivity index (χ1n) is 7.50. The van der Waals surface area contributed by atoms with Crippen molar-refractivity contribution < 1.29 is 19.1 Å². The Morgan fingerprint density at radius 3 is 2.43 bits per heavy atom. The van der Waals surface area contributed by atoms with Crippen LogP contribution in [0, 0.1) is 5.41 Å². The Morgan fingerprint density at radius 1 is 1.24 bits per heavy atom. The van der Waals surface area contributed by atoms with Crippen molar-refractivity contribution in [2.24, 2.45) is 11.1 Å². The molecule has 1 heterocycles. The first-order valence-corrected chi connectivity index (χ1v) is 7.50. The highest BCUT2D eigenvalue weighted by Gasteiger charge is 2.41. The average molecular weight is 300 g/mol. The summed E-state index contributed by atoms with van der Waals surface area (Å²) in [5.74, 6) is -0.223. The maximum atomic E-state index is 12.1. The Morgan fingerprint density at radius 2 is 1.90 bits per heavy atom. The predicted octanol–water partition coefficient (Wildman–Crippen LogP) is 1.92. The van der Waals surface area contributed by atoms with Gasteiger partial charge in [0.2, 0.25) is 0 Å². The van der Waals surface area contributed by atoms with Gasteiger partial charge in [0, 0.05) is 13.1 Å². The van der Waals surface area contributed by atoms with Gasteiger partial charge in [0.1, 0.15) is 5.60 Å². The lowest BCUT2D eigenvalue weighted by Crippen LogP contribution is -2.39. The number of likely N-dealkylation sites (tertiary alicyclic amines) is 1. The van der Waals surface area contributed by atoms with Crippen LogP contribution in [0.25, 0.3) is 0 Å². The molecule has 2 N–H and O–H groups in total. The van der Waals surface area contributed by atoms with Gasteiger partial charge in [-0.3, -0.25) is 4.79 Å². The Labute approximate surface area is 126 Å². The third-order valence-corrected chi connectivity index (χ3v) is 3.84. The molecule has 6 nitrogen and oxygen atoms in total. The third kappa shape index (κ3) is 4.88. The molecule has 1 aliphatic rings. The molecule has 1 rings (SSSR count). The van der Waals surface area contributed by atoms with E-state index in [0.29, 0.717) is 38.9 Å². The molecule has 0 spiro atoms. The second kappa shape index (κ2) is 7.11. The molecule has 0 radical (unpaired) electrons. The second-order valence-corrected chi connectivity index (χ2v) is 6.63. The maximum absolute atomic E-state index is 12.1. The molecule has 0 bridgehead atoms. The summed E-state index contributed by atoms with van der Waals surface area (Å²) >= 11 is 0. The van der Waals surface area contributed by atoms with Crippen molar-refractivity contribution in [3.63, 3.8) is 0 Å². The number of methoxy groups -OCH3 is 1. The number of carbonyl (C=O) groups excluding carboxylic acids is 2. The number of ether oxygens (including phenoxy) is 2. The topological polar surface area (TPSA) is 81.9 Å². The normalized spacial score (nSPS) is 23.4. The van der Waals surface area contributed by atoms with Gasteiger partial charge in [0.05, 0.1) is 12.5 Å². The fraction of sp³-hybridized carbons (Fsp3) is 0.867. The second-order valence-electron chi connectivity index (χ2n) is 6.63. The molecule has 0 aliphatic carbocycles. The zero-order valence-corrected chi connectivity index (χ0v) is 13.6. The number of nitrogens with two attached hydrogens (primary N) is 1. The number of carbonyl (C=O) groups is 2. The van der Waals surface area contributed by atoms with E-state index in [9.17, 15) is 9.59 Å². The molecular weight excluding hydrogens is 272 g/mol. The largest absolute Gasteiger partial charge is 0.469 e. The van der Waals surface area contributed by atoms with Crippen LogP contribution in [-0.4, -0.2) is 49.3 Å². The highest BCUT2D eigenvalue weighted by molar-refractivity contribution is 5.77. The van der Waals surface area contributed by atoms with E-state index < -0.39 is 11.0 Å². The van der Waals surface area contributed by atoms with Crippen LogP contribution in [0.1, 0.15) is 46.5 Å². The van der Waals surface area contributed by atoms with Crippen LogP contribution in [0.2, 0.25) is 0 Å². The highest BCUT2D eigenvalue weighted by atomic mass is 16.6. The number of amides is 1. The van der Waals surface area contributed by atoms with Crippen molar-refractivity contribution in [1.29, 1.82) is 0 Å². The summed E-state index contributed by atoms with van der Waals surface area (Å²) in [6.45, 7) is 7.05. The zero-order chi connectivity index (χ0) is 16.1. The van der Waals surface area contributed by atoms with Gasteiger partial charge < -0.3 is 20.1 Å². The van der Waals surface area contributed by atoms with Crippen LogP contribution in [0.4, 0.5) is 4.79 Å². The summed E-state index contributed by atoms with van der Waals surface area (Å²) in [7, 11) is 1.40. The minimum Gasteiger partial charge on any atom is -0.469 e. The molecule has 0 aromatic heterocycles. The highest BCUT2D eigenvalue weighted by Crippen LogP contribution is 2.36. The van der Waals surface area contributed by atoms with Crippen LogP contribution in [0.5, 0.6) is 0 Å². The smallest absolute Gasteiger partial charge is 0.410 e.